The quantitative estimate of drug-likeness (QED) is 0.392. The lowest BCUT2D eigenvalue weighted by Crippen LogP contribution is -2.53. The van der Waals surface area contributed by atoms with Crippen LogP contribution < -0.4 is 14.9 Å². The SMILES string of the molecule is Cc1cc(S(=O)(=O)N2c3ccccc3NC(=O)[C@H]2CC(=O)NCCC2CCN(C(=O)c3ccno3)CC2)c(C)cc1Cl. The first kappa shape index (κ1) is 29.6. The molecule has 222 valence electrons. The zero-order valence-electron chi connectivity index (χ0n) is 23.3. The summed E-state index contributed by atoms with van der Waals surface area (Å²) in [6, 6.07) is 9.93. The summed E-state index contributed by atoms with van der Waals surface area (Å²) >= 11 is 6.22. The van der Waals surface area contributed by atoms with E-state index >= 15 is 0 Å². The number of rotatable bonds is 8. The number of benzene rings is 2. The number of halogens is 1. The molecule has 0 radical (unpaired) electrons. The minimum atomic E-state index is -4.25. The van der Waals surface area contributed by atoms with Crippen molar-refractivity contribution in [2.24, 2.45) is 5.92 Å². The van der Waals surface area contributed by atoms with E-state index in [2.05, 4.69) is 15.8 Å². The molecule has 1 atom stereocenters. The van der Waals surface area contributed by atoms with Gasteiger partial charge in [-0.3, -0.25) is 18.7 Å². The van der Waals surface area contributed by atoms with Gasteiger partial charge >= 0.3 is 0 Å². The summed E-state index contributed by atoms with van der Waals surface area (Å²) in [5, 5.41) is 9.62. The van der Waals surface area contributed by atoms with Crippen molar-refractivity contribution in [3.05, 3.63) is 70.6 Å². The van der Waals surface area contributed by atoms with E-state index in [9.17, 15) is 22.8 Å². The molecule has 0 bridgehead atoms. The van der Waals surface area contributed by atoms with E-state index in [-0.39, 0.29) is 28.7 Å². The van der Waals surface area contributed by atoms with Gasteiger partial charge in [0.25, 0.3) is 15.9 Å². The van der Waals surface area contributed by atoms with Crippen LogP contribution in [0.4, 0.5) is 11.4 Å². The van der Waals surface area contributed by atoms with Crippen LogP contribution in [-0.2, 0) is 19.6 Å². The van der Waals surface area contributed by atoms with Crippen LogP contribution in [0.3, 0.4) is 0 Å². The number of carbonyl (C=O) groups is 3. The minimum absolute atomic E-state index is 0.0208. The van der Waals surface area contributed by atoms with Gasteiger partial charge in [0.05, 0.1) is 28.9 Å². The number of hydrogen-bond donors (Lipinski definition) is 2. The number of sulfonamides is 1. The standard InChI is InChI=1S/C29H32ClN5O6S/c1-18-16-26(19(2)15-21(18)30)42(39,40)35-23-6-4-3-5-22(23)33-28(37)24(35)17-27(36)31-11-7-20-9-13-34(14-10-20)29(38)25-8-12-32-41-25/h3-6,8,12,15-16,20,24H,7,9-11,13-14,17H2,1-2H3,(H,31,36)(H,33,37)/t24-/m1/s1. The molecule has 3 aromatic rings. The highest BCUT2D eigenvalue weighted by Gasteiger charge is 2.42. The van der Waals surface area contributed by atoms with Crippen LogP contribution in [0.25, 0.3) is 0 Å². The average molecular weight is 614 g/mol. The highest BCUT2D eigenvalue weighted by Crippen LogP contribution is 2.38. The fourth-order valence-electron chi connectivity index (χ4n) is 5.44. The number of hydrogen-bond acceptors (Lipinski definition) is 7. The lowest BCUT2D eigenvalue weighted by molar-refractivity contribution is -0.125. The fraction of sp³-hybridized carbons (Fsp3) is 0.379. The van der Waals surface area contributed by atoms with Crippen molar-refractivity contribution >= 4 is 50.7 Å². The Bertz CT molecular complexity index is 1600. The number of amides is 3. The molecule has 1 fully saturated rings. The first-order valence-corrected chi connectivity index (χ1v) is 15.6. The number of anilines is 2. The van der Waals surface area contributed by atoms with Gasteiger partial charge < -0.3 is 20.1 Å². The predicted octanol–water partition coefficient (Wildman–Crippen LogP) is 3.91. The summed E-state index contributed by atoms with van der Waals surface area (Å²) in [6.45, 7) is 4.88. The monoisotopic (exact) mass is 613 g/mol. The third kappa shape index (κ3) is 6.00. The summed E-state index contributed by atoms with van der Waals surface area (Å²) in [5.74, 6) is -0.680. The number of nitrogens with zero attached hydrogens (tertiary/aromatic N) is 3. The summed E-state index contributed by atoms with van der Waals surface area (Å²) < 4.78 is 34.2. The molecular weight excluding hydrogens is 582 g/mol. The predicted molar refractivity (Wildman–Crippen MR) is 157 cm³/mol. The minimum Gasteiger partial charge on any atom is -0.356 e. The molecule has 1 saturated heterocycles. The van der Waals surface area contributed by atoms with Gasteiger partial charge in [-0.05, 0) is 74.4 Å². The maximum atomic E-state index is 14.1. The van der Waals surface area contributed by atoms with Gasteiger partial charge in [-0.25, -0.2) is 8.42 Å². The molecule has 0 unspecified atom stereocenters. The van der Waals surface area contributed by atoms with Gasteiger partial charge in [0.1, 0.15) is 6.04 Å². The summed E-state index contributed by atoms with van der Waals surface area (Å²) in [4.78, 5) is 40.5. The van der Waals surface area contributed by atoms with E-state index < -0.39 is 27.9 Å². The van der Waals surface area contributed by atoms with Gasteiger partial charge in [0.15, 0.2) is 0 Å². The molecule has 3 amide bonds. The van der Waals surface area contributed by atoms with Gasteiger partial charge in [-0.1, -0.05) is 28.9 Å². The van der Waals surface area contributed by atoms with Crippen molar-refractivity contribution in [3.8, 4) is 0 Å². The summed E-state index contributed by atoms with van der Waals surface area (Å²) in [6.07, 6.45) is 3.34. The topological polar surface area (TPSA) is 142 Å². The maximum Gasteiger partial charge on any atom is 0.292 e. The number of aryl methyl sites for hydroxylation is 2. The molecule has 11 nitrogen and oxygen atoms in total. The van der Waals surface area contributed by atoms with E-state index in [0.717, 1.165) is 17.1 Å². The number of piperidine rings is 1. The van der Waals surface area contributed by atoms with Crippen molar-refractivity contribution in [2.75, 3.05) is 29.3 Å². The van der Waals surface area contributed by atoms with Gasteiger partial charge in [0.2, 0.25) is 17.6 Å². The Morgan fingerprint density at radius 3 is 2.57 bits per heavy atom. The first-order valence-electron chi connectivity index (χ1n) is 13.7. The van der Waals surface area contributed by atoms with E-state index in [1.807, 2.05) is 0 Å². The lowest BCUT2D eigenvalue weighted by Gasteiger charge is -2.37. The molecular formula is C29H32ClN5O6S. The Labute approximate surface area is 249 Å². The molecule has 2 N–H and O–H groups in total. The van der Waals surface area contributed by atoms with Gasteiger partial charge in [-0.2, -0.15) is 0 Å². The van der Waals surface area contributed by atoms with Crippen LogP contribution in [0.1, 0.15) is 47.4 Å². The average Bonchev–Trinajstić information content (AvgIpc) is 3.50. The van der Waals surface area contributed by atoms with Crippen LogP contribution in [0.15, 0.2) is 58.1 Å². The number of likely N-dealkylation sites (tertiary alicyclic amines) is 1. The maximum absolute atomic E-state index is 14.1. The third-order valence-corrected chi connectivity index (χ3v) is 10.2. The zero-order chi connectivity index (χ0) is 30.0. The Balaban J connectivity index is 1.25. The molecule has 42 heavy (non-hydrogen) atoms. The van der Waals surface area contributed by atoms with Crippen molar-refractivity contribution in [1.29, 1.82) is 0 Å². The molecule has 1 aromatic heterocycles. The smallest absolute Gasteiger partial charge is 0.292 e. The Morgan fingerprint density at radius 2 is 1.86 bits per heavy atom. The molecule has 5 rings (SSSR count). The second-order valence-electron chi connectivity index (χ2n) is 10.6. The highest BCUT2D eigenvalue weighted by atomic mass is 35.5. The highest BCUT2D eigenvalue weighted by molar-refractivity contribution is 7.93. The molecule has 13 heteroatoms. The van der Waals surface area contributed by atoms with Crippen molar-refractivity contribution < 1.29 is 27.3 Å². The number of para-hydroxylation sites is 2. The van der Waals surface area contributed by atoms with E-state index in [4.69, 9.17) is 16.1 Å². The van der Waals surface area contributed by atoms with Crippen molar-refractivity contribution in [1.82, 2.24) is 15.4 Å². The van der Waals surface area contributed by atoms with Crippen LogP contribution in [0.5, 0.6) is 0 Å². The molecule has 0 spiro atoms. The first-order chi connectivity index (χ1) is 20.1. The van der Waals surface area contributed by atoms with Gasteiger partial charge in [-0.15, -0.1) is 0 Å². The zero-order valence-corrected chi connectivity index (χ0v) is 24.9. The van der Waals surface area contributed by atoms with Crippen molar-refractivity contribution in [3.63, 3.8) is 0 Å². The lowest BCUT2D eigenvalue weighted by atomic mass is 9.93. The number of aromatic nitrogens is 1. The number of fused-ring (bicyclic) bond motifs is 1. The van der Waals surface area contributed by atoms with Crippen LogP contribution >= 0.6 is 11.6 Å². The third-order valence-electron chi connectivity index (χ3n) is 7.78. The molecule has 2 aliphatic heterocycles. The summed E-state index contributed by atoms with van der Waals surface area (Å²) in [7, 11) is -4.25. The second-order valence-corrected chi connectivity index (χ2v) is 12.8. The van der Waals surface area contributed by atoms with Gasteiger partial charge in [0, 0.05) is 30.7 Å². The Hall–Kier alpha value is -3.90. The number of nitrogens with one attached hydrogen (secondary N) is 2. The molecule has 0 saturated carbocycles. The molecule has 3 heterocycles. The van der Waals surface area contributed by atoms with Crippen LogP contribution in [-0.4, -0.2) is 61.9 Å². The van der Waals surface area contributed by atoms with E-state index in [0.29, 0.717) is 53.8 Å². The van der Waals surface area contributed by atoms with Crippen LogP contribution in [0, 0.1) is 19.8 Å². The van der Waals surface area contributed by atoms with Crippen LogP contribution in [0.2, 0.25) is 5.02 Å². The Kier molecular flexibility index (Phi) is 8.55. The second kappa shape index (κ2) is 12.1. The molecule has 2 aliphatic rings. The molecule has 0 aliphatic carbocycles. The summed E-state index contributed by atoms with van der Waals surface area (Å²) in [5.41, 5.74) is 1.65. The van der Waals surface area contributed by atoms with Crippen molar-refractivity contribution in [2.45, 2.75) is 50.5 Å². The normalized spacial score (nSPS) is 17.5. The fourth-order valence-corrected chi connectivity index (χ4v) is 7.59. The largest absolute Gasteiger partial charge is 0.356 e. The Morgan fingerprint density at radius 1 is 1.12 bits per heavy atom. The van der Waals surface area contributed by atoms with E-state index in [1.54, 1.807) is 55.1 Å². The molecule has 2 aromatic carbocycles. The number of carbonyl (C=O) groups excluding carboxylic acids is 3. The van der Waals surface area contributed by atoms with E-state index in [1.165, 1.54) is 12.3 Å².